The van der Waals surface area contributed by atoms with E-state index in [1.807, 2.05) is 33.8 Å². The third-order valence-corrected chi connectivity index (χ3v) is 4.40. The van der Waals surface area contributed by atoms with Gasteiger partial charge in [-0.1, -0.05) is 51.3 Å². The minimum absolute atomic E-state index is 0.190. The number of rotatable bonds is 1. The van der Waals surface area contributed by atoms with Crippen LogP contribution in [0.15, 0.2) is 23.6 Å². The molecule has 1 amide bonds. The molecule has 0 aliphatic carbocycles. The molecule has 0 atom stereocenters. The van der Waals surface area contributed by atoms with Crippen molar-refractivity contribution in [1.29, 1.82) is 0 Å². The van der Waals surface area contributed by atoms with Crippen molar-refractivity contribution in [3.8, 4) is 5.75 Å². The lowest BCUT2D eigenvalue weighted by molar-refractivity contribution is -0.113. The maximum absolute atomic E-state index is 12.1. The first-order chi connectivity index (χ1) is 9.12. The van der Waals surface area contributed by atoms with Crippen molar-refractivity contribution in [3.05, 3.63) is 34.7 Å². The Morgan fingerprint density at radius 3 is 2.40 bits per heavy atom. The maximum Gasteiger partial charge on any atom is 0.270 e. The summed E-state index contributed by atoms with van der Waals surface area (Å²) in [5.41, 5.74) is 1.99. The third-order valence-electron chi connectivity index (χ3n) is 3.19. The molecular formula is C15H17NO2S2. The van der Waals surface area contributed by atoms with E-state index in [2.05, 4.69) is 6.58 Å². The number of carbonyl (C=O) groups excluding carboxylic acids is 1. The number of phenolic OH excluding ortho intramolecular Hbond substituents is 1. The van der Waals surface area contributed by atoms with Gasteiger partial charge < -0.3 is 5.11 Å². The molecular weight excluding hydrogens is 290 g/mol. The number of anilines is 1. The van der Waals surface area contributed by atoms with Crippen LogP contribution in [0.4, 0.5) is 5.69 Å². The fourth-order valence-corrected chi connectivity index (χ4v) is 3.25. The average Bonchev–Trinajstić information content (AvgIpc) is 2.55. The van der Waals surface area contributed by atoms with Crippen LogP contribution in [-0.4, -0.2) is 15.3 Å². The highest BCUT2D eigenvalue weighted by atomic mass is 32.2. The smallest absolute Gasteiger partial charge is 0.270 e. The van der Waals surface area contributed by atoms with Gasteiger partial charge in [-0.3, -0.25) is 9.69 Å². The predicted octanol–water partition coefficient (Wildman–Crippen LogP) is 3.88. The summed E-state index contributed by atoms with van der Waals surface area (Å²) in [4.78, 5) is 14.0. The lowest BCUT2D eigenvalue weighted by Crippen LogP contribution is -2.28. The van der Waals surface area contributed by atoms with Crippen LogP contribution in [0.1, 0.15) is 31.9 Å². The number of nitrogens with zero attached hydrogens (tertiary/aromatic N) is 1. The Labute approximate surface area is 128 Å². The molecule has 0 radical (unpaired) electrons. The molecule has 1 heterocycles. The van der Waals surface area contributed by atoms with Gasteiger partial charge in [-0.05, 0) is 30.0 Å². The standard InChI is InChI=1S/C15H17NO2S2/c1-8-6-10(7-11(12(8)17)15(3,4)5)16-13(18)9(2)20-14(16)19/h6-7,17H,2H2,1,3-5H3. The van der Waals surface area contributed by atoms with Gasteiger partial charge in [0.25, 0.3) is 5.91 Å². The van der Waals surface area contributed by atoms with Crippen LogP contribution < -0.4 is 4.90 Å². The molecule has 1 aromatic rings. The largest absolute Gasteiger partial charge is 0.507 e. The van der Waals surface area contributed by atoms with Crippen molar-refractivity contribution in [2.24, 2.45) is 0 Å². The molecule has 5 heteroatoms. The molecule has 0 unspecified atom stereocenters. The molecule has 20 heavy (non-hydrogen) atoms. The summed E-state index contributed by atoms with van der Waals surface area (Å²) in [7, 11) is 0. The molecule has 1 aliphatic rings. The van der Waals surface area contributed by atoms with Gasteiger partial charge in [-0.25, -0.2) is 0 Å². The first kappa shape index (κ1) is 15.1. The van der Waals surface area contributed by atoms with Gasteiger partial charge in [0.2, 0.25) is 0 Å². The Morgan fingerprint density at radius 2 is 1.95 bits per heavy atom. The second-order valence-electron chi connectivity index (χ2n) is 5.84. The van der Waals surface area contributed by atoms with Crippen molar-refractivity contribution >= 4 is 39.9 Å². The SMILES string of the molecule is C=C1SC(=S)N(c2cc(C)c(O)c(C(C)(C)C)c2)C1=O. The van der Waals surface area contributed by atoms with E-state index in [0.29, 0.717) is 14.9 Å². The van der Waals surface area contributed by atoms with Crippen LogP contribution >= 0.6 is 24.0 Å². The van der Waals surface area contributed by atoms with Crippen LogP contribution in [-0.2, 0) is 10.2 Å². The van der Waals surface area contributed by atoms with Crippen LogP contribution in [0.25, 0.3) is 0 Å². The summed E-state index contributed by atoms with van der Waals surface area (Å²) in [6.07, 6.45) is 0. The van der Waals surface area contributed by atoms with E-state index in [1.165, 1.54) is 16.7 Å². The normalized spacial score (nSPS) is 16.2. The molecule has 0 bridgehead atoms. The summed E-state index contributed by atoms with van der Waals surface area (Å²) in [6.45, 7) is 11.6. The Balaban J connectivity index is 2.60. The van der Waals surface area contributed by atoms with E-state index >= 15 is 0 Å². The quantitative estimate of drug-likeness (QED) is 0.631. The van der Waals surface area contributed by atoms with Crippen molar-refractivity contribution < 1.29 is 9.90 Å². The monoisotopic (exact) mass is 307 g/mol. The van der Waals surface area contributed by atoms with Gasteiger partial charge in [0.15, 0.2) is 4.32 Å². The third kappa shape index (κ3) is 2.47. The van der Waals surface area contributed by atoms with Gasteiger partial charge in [-0.2, -0.15) is 0 Å². The molecule has 0 aromatic heterocycles. The molecule has 0 spiro atoms. The van der Waals surface area contributed by atoms with E-state index < -0.39 is 0 Å². The molecule has 1 aliphatic heterocycles. The van der Waals surface area contributed by atoms with Crippen LogP contribution in [0.5, 0.6) is 5.75 Å². The van der Waals surface area contributed by atoms with Gasteiger partial charge in [0.05, 0.1) is 10.6 Å². The highest BCUT2D eigenvalue weighted by Gasteiger charge is 2.33. The molecule has 1 N–H and O–H groups in total. The van der Waals surface area contributed by atoms with E-state index in [0.717, 1.165) is 11.1 Å². The van der Waals surface area contributed by atoms with Crippen LogP contribution in [0, 0.1) is 6.92 Å². The Bertz CT molecular complexity index is 629. The number of aromatic hydroxyl groups is 1. The van der Waals surface area contributed by atoms with E-state index in [-0.39, 0.29) is 17.1 Å². The summed E-state index contributed by atoms with van der Waals surface area (Å²) >= 11 is 6.44. The lowest BCUT2D eigenvalue weighted by Gasteiger charge is -2.24. The number of hydrogen-bond acceptors (Lipinski definition) is 4. The zero-order valence-corrected chi connectivity index (χ0v) is 13.6. The molecule has 1 fully saturated rings. The van der Waals surface area contributed by atoms with Gasteiger partial charge in [0, 0.05) is 5.56 Å². The molecule has 0 saturated carbocycles. The van der Waals surface area contributed by atoms with E-state index in [9.17, 15) is 9.90 Å². The zero-order valence-electron chi connectivity index (χ0n) is 12.0. The van der Waals surface area contributed by atoms with Crippen molar-refractivity contribution in [2.75, 3.05) is 4.90 Å². The van der Waals surface area contributed by atoms with Gasteiger partial charge in [-0.15, -0.1) is 0 Å². The number of thioether (sulfide) groups is 1. The van der Waals surface area contributed by atoms with Gasteiger partial charge >= 0.3 is 0 Å². The minimum Gasteiger partial charge on any atom is -0.507 e. The van der Waals surface area contributed by atoms with Crippen molar-refractivity contribution in [2.45, 2.75) is 33.1 Å². The fourth-order valence-electron chi connectivity index (χ4n) is 2.09. The van der Waals surface area contributed by atoms with Crippen molar-refractivity contribution in [3.63, 3.8) is 0 Å². The molecule has 1 aromatic carbocycles. The second kappa shape index (κ2) is 4.90. The number of benzene rings is 1. The number of hydrogen-bond donors (Lipinski definition) is 1. The Hall–Kier alpha value is -1.33. The fraction of sp³-hybridized carbons (Fsp3) is 0.333. The van der Waals surface area contributed by atoms with Crippen LogP contribution in [0.3, 0.4) is 0 Å². The topological polar surface area (TPSA) is 40.5 Å². The Kier molecular flexibility index (Phi) is 3.69. The average molecular weight is 307 g/mol. The highest BCUT2D eigenvalue weighted by molar-refractivity contribution is 8.27. The number of thiocarbonyl (C=S) groups is 1. The number of aryl methyl sites for hydroxylation is 1. The Morgan fingerprint density at radius 1 is 1.35 bits per heavy atom. The summed E-state index contributed by atoms with van der Waals surface area (Å²) in [5, 5.41) is 10.2. The number of amides is 1. The van der Waals surface area contributed by atoms with Crippen LogP contribution in [0.2, 0.25) is 0 Å². The zero-order chi connectivity index (χ0) is 15.2. The minimum atomic E-state index is -0.223. The second-order valence-corrected chi connectivity index (χ2v) is 7.57. The number of carbonyl (C=O) groups is 1. The van der Waals surface area contributed by atoms with Gasteiger partial charge in [0.1, 0.15) is 5.75 Å². The molecule has 3 nitrogen and oxygen atoms in total. The predicted molar refractivity (Wildman–Crippen MR) is 88.4 cm³/mol. The lowest BCUT2D eigenvalue weighted by atomic mass is 9.85. The van der Waals surface area contributed by atoms with E-state index in [4.69, 9.17) is 12.2 Å². The summed E-state index contributed by atoms with van der Waals surface area (Å²) < 4.78 is 0.477. The summed E-state index contributed by atoms with van der Waals surface area (Å²) in [5.74, 6) is 0.0789. The van der Waals surface area contributed by atoms with Crippen molar-refractivity contribution in [1.82, 2.24) is 0 Å². The molecule has 106 valence electrons. The molecule has 2 rings (SSSR count). The first-order valence-electron chi connectivity index (χ1n) is 6.22. The molecule has 1 saturated heterocycles. The van der Waals surface area contributed by atoms with E-state index in [1.54, 1.807) is 6.07 Å². The number of phenols is 1. The first-order valence-corrected chi connectivity index (χ1v) is 7.44. The highest BCUT2D eigenvalue weighted by Crippen LogP contribution is 2.40. The maximum atomic E-state index is 12.1. The summed E-state index contributed by atoms with van der Waals surface area (Å²) in [6, 6.07) is 3.60.